The molecule has 0 saturated heterocycles. The fraction of sp³-hybridized carbons (Fsp3) is 0.222. The highest BCUT2D eigenvalue weighted by atomic mass is 32.2. The molecule has 0 aliphatic heterocycles. The second-order valence-electron chi connectivity index (χ2n) is 5.40. The molecule has 3 rings (SSSR count). The molecule has 0 aliphatic rings. The number of thioether (sulfide) groups is 1. The van der Waals surface area contributed by atoms with E-state index in [2.05, 4.69) is 15.5 Å². The van der Waals surface area contributed by atoms with Gasteiger partial charge in [0.25, 0.3) is 5.91 Å². The van der Waals surface area contributed by atoms with Crippen molar-refractivity contribution in [3.8, 4) is 6.07 Å². The summed E-state index contributed by atoms with van der Waals surface area (Å²) in [7, 11) is 0. The van der Waals surface area contributed by atoms with Crippen LogP contribution in [0.3, 0.4) is 0 Å². The van der Waals surface area contributed by atoms with E-state index in [0.29, 0.717) is 21.7 Å². The average molecular weight is 400 g/mol. The molecule has 0 bridgehead atoms. The van der Waals surface area contributed by atoms with E-state index >= 15 is 0 Å². The molecule has 27 heavy (non-hydrogen) atoms. The lowest BCUT2D eigenvalue weighted by atomic mass is 10.2. The number of anilines is 1. The topological polar surface area (TPSA) is 105 Å². The third kappa shape index (κ3) is 5.32. The van der Waals surface area contributed by atoms with Crippen LogP contribution < -0.4 is 5.32 Å². The summed E-state index contributed by atoms with van der Waals surface area (Å²) in [5.74, 6) is 1.35. The summed E-state index contributed by atoms with van der Waals surface area (Å²) in [5, 5.41) is 21.7. The zero-order chi connectivity index (χ0) is 19.1. The zero-order valence-electron chi connectivity index (χ0n) is 14.5. The SMILES string of the molecule is CCCc1nnc(NC(=O)/C(C#N)=C\c2ccc(SCc3ccco3)o2)s1. The Labute approximate surface area is 164 Å². The number of amides is 1. The molecule has 0 fully saturated rings. The van der Waals surface area contributed by atoms with Crippen LogP contribution in [-0.2, 0) is 17.0 Å². The smallest absolute Gasteiger partial charge is 0.268 e. The van der Waals surface area contributed by atoms with E-state index in [0.717, 1.165) is 23.6 Å². The summed E-state index contributed by atoms with van der Waals surface area (Å²) in [4.78, 5) is 12.3. The van der Waals surface area contributed by atoms with Gasteiger partial charge in [0, 0.05) is 12.5 Å². The van der Waals surface area contributed by atoms with Gasteiger partial charge in [-0.1, -0.05) is 30.0 Å². The summed E-state index contributed by atoms with van der Waals surface area (Å²) >= 11 is 2.77. The van der Waals surface area contributed by atoms with Gasteiger partial charge in [-0.05, 0) is 30.7 Å². The largest absolute Gasteiger partial charge is 0.468 e. The first-order valence-electron chi connectivity index (χ1n) is 8.18. The molecule has 0 spiro atoms. The lowest BCUT2D eigenvalue weighted by molar-refractivity contribution is -0.112. The summed E-state index contributed by atoms with van der Waals surface area (Å²) < 4.78 is 10.9. The van der Waals surface area contributed by atoms with E-state index < -0.39 is 5.91 Å². The van der Waals surface area contributed by atoms with Gasteiger partial charge in [-0.25, -0.2) is 0 Å². The molecule has 0 atom stereocenters. The van der Waals surface area contributed by atoms with E-state index in [4.69, 9.17) is 8.83 Å². The Morgan fingerprint density at radius 2 is 2.30 bits per heavy atom. The molecule has 9 heteroatoms. The Balaban J connectivity index is 1.62. The van der Waals surface area contributed by atoms with Crippen molar-refractivity contribution < 1.29 is 13.6 Å². The van der Waals surface area contributed by atoms with E-state index in [1.807, 2.05) is 25.1 Å². The maximum atomic E-state index is 12.3. The number of aryl methyl sites for hydroxylation is 1. The van der Waals surface area contributed by atoms with Crippen LogP contribution in [0.15, 0.2) is 50.0 Å². The summed E-state index contributed by atoms with van der Waals surface area (Å²) in [6.07, 6.45) is 4.78. The quantitative estimate of drug-likeness (QED) is 0.337. The lowest BCUT2D eigenvalue weighted by Crippen LogP contribution is -2.13. The third-order valence-electron chi connectivity index (χ3n) is 3.34. The number of nitriles is 1. The Bertz CT molecular complexity index is 967. The second kappa shape index (κ2) is 9.21. The number of nitrogens with zero attached hydrogens (tertiary/aromatic N) is 3. The minimum absolute atomic E-state index is 0.0702. The number of carbonyl (C=O) groups excluding carboxylic acids is 1. The standard InChI is InChI=1S/C18H16N4O3S2/c1-2-4-15-21-22-18(27-15)20-17(23)12(10-19)9-13-6-7-16(25-13)26-11-14-5-3-8-24-14/h3,5-9H,2,4,11H2,1H3,(H,20,22,23)/b12-9-. The van der Waals surface area contributed by atoms with Crippen molar-refractivity contribution in [2.24, 2.45) is 0 Å². The van der Waals surface area contributed by atoms with Gasteiger partial charge in [0.1, 0.15) is 28.2 Å². The normalized spacial score (nSPS) is 11.3. The summed E-state index contributed by atoms with van der Waals surface area (Å²) in [5.41, 5.74) is -0.0702. The van der Waals surface area contributed by atoms with E-state index in [9.17, 15) is 10.1 Å². The number of furan rings is 2. The van der Waals surface area contributed by atoms with Gasteiger partial charge in [0.05, 0.1) is 12.0 Å². The molecule has 0 aromatic carbocycles. The molecule has 3 aromatic heterocycles. The molecule has 3 heterocycles. The fourth-order valence-electron chi connectivity index (χ4n) is 2.10. The Hall–Kier alpha value is -2.83. The number of hydrogen-bond acceptors (Lipinski definition) is 8. The molecule has 138 valence electrons. The molecule has 1 N–H and O–H groups in total. The van der Waals surface area contributed by atoms with Crippen LogP contribution in [0, 0.1) is 11.3 Å². The predicted octanol–water partition coefficient (Wildman–Crippen LogP) is 4.51. The Morgan fingerprint density at radius 1 is 1.41 bits per heavy atom. The van der Waals surface area contributed by atoms with Crippen molar-refractivity contribution >= 4 is 40.2 Å². The first-order chi connectivity index (χ1) is 13.2. The van der Waals surface area contributed by atoms with Crippen LogP contribution in [0.4, 0.5) is 5.13 Å². The second-order valence-corrected chi connectivity index (χ2v) is 7.44. The molecule has 1 amide bonds. The molecule has 0 saturated carbocycles. The number of carbonyl (C=O) groups is 1. The van der Waals surface area contributed by atoms with Crippen LogP contribution in [-0.4, -0.2) is 16.1 Å². The van der Waals surface area contributed by atoms with Gasteiger partial charge < -0.3 is 8.83 Å². The highest BCUT2D eigenvalue weighted by Crippen LogP contribution is 2.26. The van der Waals surface area contributed by atoms with E-state index in [1.54, 1.807) is 18.4 Å². The van der Waals surface area contributed by atoms with Crippen LogP contribution in [0.5, 0.6) is 0 Å². The van der Waals surface area contributed by atoms with E-state index in [1.165, 1.54) is 29.2 Å². The first kappa shape index (κ1) is 18.9. The van der Waals surface area contributed by atoms with Crippen LogP contribution in [0.25, 0.3) is 6.08 Å². The maximum Gasteiger partial charge on any atom is 0.268 e. The number of rotatable bonds is 8. The molecular weight excluding hydrogens is 384 g/mol. The van der Waals surface area contributed by atoms with Crippen LogP contribution in [0.2, 0.25) is 0 Å². The van der Waals surface area contributed by atoms with Gasteiger partial charge in [0.15, 0.2) is 5.09 Å². The van der Waals surface area contributed by atoms with Crippen LogP contribution >= 0.6 is 23.1 Å². The van der Waals surface area contributed by atoms with Gasteiger partial charge >= 0.3 is 0 Å². The fourth-order valence-corrected chi connectivity index (χ4v) is 3.71. The number of aromatic nitrogens is 2. The van der Waals surface area contributed by atoms with Gasteiger partial charge in [-0.15, -0.1) is 10.2 Å². The molecular formula is C18H16N4O3S2. The number of hydrogen-bond donors (Lipinski definition) is 1. The molecule has 0 unspecified atom stereocenters. The molecule has 0 aliphatic carbocycles. The minimum Gasteiger partial charge on any atom is -0.468 e. The molecule has 0 radical (unpaired) electrons. The first-order valence-corrected chi connectivity index (χ1v) is 9.98. The van der Waals surface area contributed by atoms with E-state index in [-0.39, 0.29) is 5.57 Å². The van der Waals surface area contributed by atoms with Crippen molar-refractivity contribution in [2.75, 3.05) is 5.32 Å². The zero-order valence-corrected chi connectivity index (χ0v) is 16.1. The molecule has 3 aromatic rings. The number of nitrogens with one attached hydrogen (secondary N) is 1. The lowest BCUT2D eigenvalue weighted by Gasteiger charge is -1.98. The van der Waals surface area contributed by atoms with Gasteiger partial charge in [-0.3, -0.25) is 10.1 Å². The predicted molar refractivity (Wildman–Crippen MR) is 103 cm³/mol. The summed E-state index contributed by atoms with van der Waals surface area (Å²) in [6, 6.07) is 9.09. The summed E-state index contributed by atoms with van der Waals surface area (Å²) in [6.45, 7) is 2.04. The monoisotopic (exact) mass is 400 g/mol. The highest BCUT2D eigenvalue weighted by molar-refractivity contribution is 7.98. The van der Waals surface area contributed by atoms with Gasteiger partial charge in [0.2, 0.25) is 5.13 Å². The average Bonchev–Trinajstić information content (AvgIpc) is 3.41. The van der Waals surface area contributed by atoms with Crippen molar-refractivity contribution in [3.63, 3.8) is 0 Å². The third-order valence-corrected chi connectivity index (χ3v) is 5.17. The maximum absolute atomic E-state index is 12.3. The highest BCUT2D eigenvalue weighted by Gasteiger charge is 2.14. The van der Waals surface area contributed by atoms with Crippen molar-refractivity contribution in [2.45, 2.75) is 30.6 Å². The molecule has 7 nitrogen and oxygen atoms in total. The van der Waals surface area contributed by atoms with Crippen molar-refractivity contribution in [3.05, 3.63) is 52.6 Å². The minimum atomic E-state index is -0.544. The Kier molecular flexibility index (Phi) is 6.46. The Morgan fingerprint density at radius 3 is 3.04 bits per heavy atom. The van der Waals surface area contributed by atoms with Crippen molar-refractivity contribution in [1.82, 2.24) is 10.2 Å². The van der Waals surface area contributed by atoms with Gasteiger partial charge in [-0.2, -0.15) is 5.26 Å². The van der Waals surface area contributed by atoms with Crippen molar-refractivity contribution in [1.29, 1.82) is 5.26 Å². The van der Waals surface area contributed by atoms with Crippen LogP contribution in [0.1, 0.15) is 29.9 Å².